The zero-order chi connectivity index (χ0) is 22.3. The summed E-state index contributed by atoms with van der Waals surface area (Å²) in [4.78, 5) is 15.1. The molecule has 5 heteroatoms. The average molecular weight is 413 g/mol. The summed E-state index contributed by atoms with van der Waals surface area (Å²) in [5.41, 5.74) is 4.40. The van der Waals surface area contributed by atoms with Gasteiger partial charge in [0.1, 0.15) is 0 Å². The molecular weight excluding hydrogens is 376 g/mol. The molecule has 1 amide bonds. The lowest BCUT2D eigenvalue weighted by molar-refractivity contribution is -0.117. The molecule has 164 valence electrons. The summed E-state index contributed by atoms with van der Waals surface area (Å²) in [6.45, 7) is 12.5. The average Bonchev–Trinajstić information content (AvgIpc) is 2.72. The number of rotatable bonds is 10. The SMILES string of the molecule is CCN(CC(=O)Nc1c(C(C)C)cccc1C(C)C)Cc1ccc(OC)c(OC)c1. The van der Waals surface area contributed by atoms with Gasteiger partial charge in [0.25, 0.3) is 0 Å². The van der Waals surface area contributed by atoms with Gasteiger partial charge in [-0.25, -0.2) is 0 Å². The van der Waals surface area contributed by atoms with Crippen LogP contribution in [0.2, 0.25) is 0 Å². The van der Waals surface area contributed by atoms with Gasteiger partial charge in [0.15, 0.2) is 11.5 Å². The van der Waals surface area contributed by atoms with Crippen molar-refractivity contribution < 1.29 is 14.3 Å². The molecule has 1 N–H and O–H groups in total. The first-order chi connectivity index (χ1) is 14.3. The minimum absolute atomic E-state index is 0.00678. The molecule has 30 heavy (non-hydrogen) atoms. The van der Waals surface area contributed by atoms with Gasteiger partial charge in [-0.3, -0.25) is 9.69 Å². The number of amides is 1. The van der Waals surface area contributed by atoms with Crippen LogP contribution in [-0.4, -0.2) is 38.1 Å². The summed E-state index contributed by atoms with van der Waals surface area (Å²) in [6.07, 6.45) is 0. The van der Waals surface area contributed by atoms with E-state index in [1.165, 1.54) is 11.1 Å². The third-order valence-corrected chi connectivity index (χ3v) is 5.31. The van der Waals surface area contributed by atoms with Gasteiger partial charge in [-0.05, 0) is 47.2 Å². The number of benzene rings is 2. The first-order valence-corrected chi connectivity index (χ1v) is 10.7. The van der Waals surface area contributed by atoms with Crippen LogP contribution in [0.15, 0.2) is 36.4 Å². The number of anilines is 1. The summed E-state index contributed by atoms with van der Waals surface area (Å²) >= 11 is 0. The molecule has 0 aromatic heterocycles. The van der Waals surface area contributed by atoms with Gasteiger partial charge in [-0.1, -0.05) is 58.9 Å². The molecule has 5 nitrogen and oxygen atoms in total. The molecule has 0 atom stereocenters. The highest BCUT2D eigenvalue weighted by atomic mass is 16.5. The van der Waals surface area contributed by atoms with E-state index in [0.717, 1.165) is 17.8 Å². The maximum atomic E-state index is 12.9. The number of methoxy groups -OCH3 is 2. The monoisotopic (exact) mass is 412 g/mol. The number of nitrogens with zero attached hydrogens (tertiary/aromatic N) is 1. The van der Waals surface area contributed by atoms with Gasteiger partial charge in [0, 0.05) is 12.2 Å². The highest BCUT2D eigenvalue weighted by Gasteiger charge is 2.18. The van der Waals surface area contributed by atoms with Crippen molar-refractivity contribution in [2.75, 3.05) is 32.6 Å². The predicted molar refractivity (Wildman–Crippen MR) is 124 cm³/mol. The van der Waals surface area contributed by atoms with Gasteiger partial charge < -0.3 is 14.8 Å². The second-order valence-electron chi connectivity index (χ2n) is 8.16. The Morgan fingerprint density at radius 1 is 0.967 bits per heavy atom. The Hall–Kier alpha value is -2.53. The summed E-state index contributed by atoms with van der Waals surface area (Å²) < 4.78 is 10.7. The van der Waals surface area contributed by atoms with Crippen LogP contribution in [-0.2, 0) is 11.3 Å². The van der Waals surface area contributed by atoms with Crippen molar-refractivity contribution in [1.29, 1.82) is 0 Å². The van der Waals surface area contributed by atoms with E-state index < -0.39 is 0 Å². The molecule has 0 saturated heterocycles. The number of hydrogen-bond acceptors (Lipinski definition) is 4. The van der Waals surface area contributed by atoms with E-state index in [2.05, 4.69) is 63.0 Å². The number of hydrogen-bond donors (Lipinski definition) is 1. The smallest absolute Gasteiger partial charge is 0.238 e. The third kappa shape index (κ3) is 5.99. The summed E-state index contributed by atoms with van der Waals surface area (Å²) in [6, 6.07) is 12.2. The fraction of sp³-hybridized carbons (Fsp3) is 0.480. The highest BCUT2D eigenvalue weighted by molar-refractivity contribution is 5.94. The Morgan fingerprint density at radius 3 is 2.07 bits per heavy atom. The molecular formula is C25H36N2O3. The number of para-hydroxylation sites is 1. The predicted octanol–water partition coefficient (Wildman–Crippen LogP) is 5.41. The largest absolute Gasteiger partial charge is 0.493 e. The maximum Gasteiger partial charge on any atom is 0.238 e. The number of nitrogens with one attached hydrogen (secondary N) is 1. The minimum atomic E-state index is 0.00678. The Labute approximate surface area is 181 Å². The molecule has 2 rings (SSSR count). The Balaban J connectivity index is 2.15. The van der Waals surface area contributed by atoms with Crippen molar-refractivity contribution in [3.8, 4) is 11.5 Å². The van der Waals surface area contributed by atoms with Crippen molar-refractivity contribution in [1.82, 2.24) is 4.90 Å². The Kier molecular flexibility index (Phi) is 8.72. The molecule has 0 fully saturated rings. The molecule has 0 unspecified atom stereocenters. The molecule has 0 radical (unpaired) electrons. The summed E-state index contributed by atoms with van der Waals surface area (Å²) in [5.74, 6) is 2.09. The fourth-order valence-electron chi connectivity index (χ4n) is 3.59. The lowest BCUT2D eigenvalue weighted by atomic mass is 9.92. The normalized spacial score (nSPS) is 11.3. The zero-order valence-corrected chi connectivity index (χ0v) is 19.4. The Morgan fingerprint density at radius 2 is 1.57 bits per heavy atom. The molecule has 0 heterocycles. The fourth-order valence-corrected chi connectivity index (χ4v) is 3.59. The van der Waals surface area contributed by atoms with E-state index >= 15 is 0 Å². The van der Waals surface area contributed by atoms with E-state index in [4.69, 9.17) is 9.47 Å². The molecule has 2 aromatic carbocycles. The van der Waals surface area contributed by atoms with Gasteiger partial charge >= 0.3 is 0 Å². The van der Waals surface area contributed by atoms with E-state index in [9.17, 15) is 4.79 Å². The summed E-state index contributed by atoms with van der Waals surface area (Å²) in [7, 11) is 3.26. The maximum absolute atomic E-state index is 12.9. The van der Waals surface area contributed by atoms with E-state index in [1.807, 2.05) is 18.2 Å². The molecule has 0 aliphatic heterocycles. The van der Waals surface area contributed by atoms with Gasteiger partial charge in [0.05, 0.1) is 20.8 Å². The van der Waals surface area contributed by atoms with Crippen LogP contribution in [0.4, 0.5) is 5.69 Å². The first kappa shape index (κ1) is 23.7. The van der Waals surface area contributed by atoms with Crippen molar-refractivity contribution in [2.45, 2.75) is 53.0 Å². The second-order valence-corrected chi connectivity index (χ2v) is 8.16. The van der Waals surface area contributed by atoms with Crippen LogP contribution >= 0.6 is 0 Å². The molecule has 0 bridgehead atoms. The lowest BCUT2D eigenvalue weighted by Gasteiger charge is -2.23. The van der Waals surface area contributed by atoms with Crippen molar-refractivity contribution in [3.05, 3.63) is 53.1 Å². The van der Waals surface area contributed by atoms with Gasteiger partial charge in [-0.15, -0.1) is 0 Å². The first-order valence-electron chi connectivity index (χ1n) is 10.7. The second kappa shape index (κ2) is 11.0. The van der Waals surface area contributed by atoms with Crippen molar-refractivity contribution >= 4 is 11.6 Å². The topological polar surface area (TPSA) is 50.8 Å². The molecule has 0 spiro atoms. The van der Waals surface area contributed by atoms with Crippen LogP contribution in [0, 0.1) is 0 Å². The van der Waals surface area contributed by atoms with Crippen LogP contribution in [0.5, 0.6) is 11.5 Å². The van der Waals surface area contributed by atoms with Crippen LogP contribution in [0.3, 0.4) is 0 Å². The van der Waals surface area contributed by atoms with Crippen LogP contribution < -0.4 is 14.8 Å². The van der Waals surface area contributed by atoms with Crippen LogP contribution in [0.25, 0.3) is 0 Å². The quantitative estimate of drug-likeness (QED) is 0.567. The number of likely N-dealkylation sites (N-methyl/N-ethyl adjacent to an activating group) is 1. The third-order valence-electron chi connectivity index (χ3n) is 5.31. The van der Waals surface area contributed by atoms with Gasteiger partial charge in [0.2, 0.25) is 5.91 Å². The molecule has 2 aromatic rings. The zero-order valence-electron chi connectivity index (χ0n) is 19.4. The molecule has 0 aliphatic rings. The highest BCUT2D eigenvalue weighted by Crippen LogP contribution is 2.32. The number of ether oxygens (including phenoxy) is 2. The van der Waals surface area contributed by atoms with E-state index in [0.29, 0.717) is 36.4 Å². The lowest BCUT2D eigenvalue weighted by Crippen LogP contribution is -2.33. The number of carbonyl (C=O) groups is 1. The van der Waals surface area contributed by atoms with Crippen LogP contribution in [0.1, 0.15) is 63.1 Å². The van der Waals surface area contributed by atoms with Crippen molar-refractivity contribution in [3.63, 3.8) is 0 Å². The Bertz CT molecular complexity index is 820. The van der Waals surface area contributed by atoms with Crippen molar-refractivity contribution in [2.24, 2.45) is 0 Å². The van der Waals surface area contributed by atoms with E-state index in [-0.39, 0.29) is 5.91 Å². The molecule has 0 saturated carbocycles. The minimum Gasteiger partial charge on any atom is -0.493 e. The standard InChI is InChI=1S/C25H36N2O3/c1-8-27(15-19-12-13-22(29-6)23(14-19)30-7)16-24(28)26-25-20(17(2)3)10-9-11-21(25)18(4)5/h9-14,17-18H,8,15-16H2,1-7H3,(H,26,28). The number of carbonyl (C=O) groups excluding carboxylic acids is 1. The molecule has 0 aliphatic carbocycles. The van der Waals surface area contributed by atoms with Gasteiger partial charge in [-0.2, -0.15) is 0 Å². The summed E-state index contributed by atoms with van der Waals surface area (Å²) in [5, 5.41) is 3.21. The van der Waals surface area contributed by atoms with E-state index in [1.54, 1.807) is 14.2 Å².